The Hall–Kier alpha value is -1.77. The second-order valence-electron chi connectivity index (χ2n) is 5.29. The lowest BCUT2D eigenvalue weighted by atomic mass is 10.4. The predicted octanol–water partition coefficient (Wildman–Crippen LogP) is 0.621. The van der Waals surface area contributed by atoms with Crippen LogP contribution in [0.4, 0.5) is 4.79 Å². The fraction of sp³-hybridized carbons (Fsp3) is 0.667. The van der Waals surface area contributed by atoms with Crippen LogP contribution in [0.25, 0.3) is 0 Å². The average Bonchev–Trinajstić information content (AvgIpc) is 3.13. The number of rotatable bonds is 5. The standard InChI is InChI=1S/C12H19N5O3S/c1-6(2)13-10(19)14-9(18)7(3)21-12-16-15-11(20)17(12)8-4-5-8/h6-8H,4-5H2,1-3H3,(H,15,20)(H2,13,14,18,19)/t7-/m0/s1. The third-order valence-corrected chi connectivity index (χ3v) is 3.96. The van der Waals surface area contributed by atoms with Crippen LogP contribution in [0.3, 0.4) is 0 Å². The summed E-state index contributed by atoms with van der Waals surface area (Å²) in [6.45, 7) is 5.28. The molecule has 0 bridgehead atoms. The molecule has 0 unspecified atom stereocenters. The van der Waals surface area contributed by atoms with Gasteiger partial charge in [0, 0.05) is 12.1 Å². The topological polar surface area (TPSA) is 109 Å². The fourth-order valence-corrected chi connectivity index (χ4v) is 2.68. The van der Waals surface area contributed by atoms with Gasteiger partial charge in [-0.25, -0.2) is 14.7 Å². The van der Waals surface area contributed by atoms with Gasteiger partial charge in [0.25, 0.3) is 0 Å². The first kappa shape index (κ1) is 15.6. The number of nitrogens with one attached hydrogen (secondary N) is 3. The molecule has 1 aliphatic rings. The van der Waals surface area contributed by atoms with E-state index < -0.39 is 17.2 Å². The Morgan fingerprint density at radius 3 is 2.62 bits per heavy atom. The molecule has 1 aromatic heterocycles. The third kappa shape index (κ3) is 4.10. The molecule has 1 atom stereocenters. The molecule has 2 rings (SSSR count). The minimum atomic E-state index is -0.532. The normalized spacial score (nSPS) is 15.8. The van der Waals surface area contributed by atoms with Crippen LogP contribution in [0.2, 0.25) is 0 Å². The van der Waals surface area contributed by atoms with Crippen molar-refractivity contribution >= 4 is 23.7 Å². The quantitative estimate of drug-likeness (QED) is 0.691. The molecular weight excluding hydrogens is 294 g/mol. The highest BCUT2D eigenvalue weighted by Crippen LogP contribution is 2.36. The van der Waals surface area contributed by atoms with Crippen molar-refractivity contribution in [1.29, 1.82) is 0 Å². The first-order valence-corrected chi connectivity index (χ1v) is 7.71. The van der Waals surface area contributed by atoms with Crippen LogP contribution in [0.5, 0.6) is 0 Å². The summed E-state index contributed by atoms with van der Waals surface area (Å²) in [4.78, 5) is 35.0. The molecule has 8 nitrogen and oxygen atoms in total. The molecule has 0 radical (unpaired) electrons. The summed E-state index contributed by atoms with van der Waals surface area (Å²) >= 11 is 1.16. The maximum absolute atomic E-state index is 11.9. The van der Waals surface area contributed by atoms with Crippen molar-refractivity contribution in [1.82, 2.24) is 25.4 Å². The molecule has 21 heavy (non-hydrogen) atoms. The molecule has 116 valence electrons. The summed E-state index contributed by atoms with van der Waals surface area (Å²) in [6, 6.07) is -0.394. The SMILES string of the molecule is CC(C)NC(=O)NC(=O)[C@H](C)Sc1n[nH]c(=O)n1C1CC1. The molecule has 3 N–H and O–H groups in total. The van der Waals surface area contributed by atoms with Crippen LogP contribution in [0.15, 0.2) is 9.95 Å². The van der Waals surface area contributed by atoms with Crippen LogP contribution in [0, 0.1) is 0 Å². The van der Waals surface area contributed by atoms with Crippen molar-refractivity contribution in [3.63, 3.8) is 0 Å². The van der Waals surface area contributed by atoms with E-state index in [9.17, 15) is 14.4 Å². The van der Waals surface area contributed by atoms with Gasteiger partial charge in [0.15, 0.2) is 5.16 Å². The van der Waals surface area contributed by atoms with Gasteiger partial charge in [0.2, 0.25) is 5.91 Å². The highest BCUT2D eigenvalue weighted by molar-refractivity contribution is 8.00. The van der Waals surface area contributed by atoms with Gasteiger partial charge < -0.3 is 5.32 Å². The van der Waals surface area contributed by atoms with Gasteiger partial charge in [-0.1, -0.05) is 11.8 Å². The molecule has 3 amide bonds. The Kier molecular flexibility index (Phi) is 4.71. The summed E-state index contributed by atoms with van der Waals surface area (Å²) in [6.07, 6.45) is 1.90. The van der Waals surface area contributed by atoms with Crippen molar-refractivity contribution in [2.75, 3.05) is 0 Å². The van der Waals surface area contributed by atoms with Gasteiger partial charge in [-0.05, 0) is 33.6 Å². The number of nitrogens with zero attached hydrogens (tertiary/aromatic N) is 2. The summed E-state index contributed by atoms with van der Waals surface area (Å²) in [7, 11) is 0. The van der Waals surface area contributed by atoms with Crippen molar-refractivity contribution in [3.8, 4) is 0 Å². The lowest BCUT2D eigenvalue weighted by Crippen LogP contribution is -2.45. The maximum atomic E-state index is 11.9. The lowest BCUT2D eigenvalue weighted by Gasteiger charge is -2.13. The molecule has 0 spiro atoms. The number of amides is 3. The second-order valence-corrected chi connectivity index (χ2v) is 6.60. The highest BCUT2D eigenvalue weighted by Gasteiger charge is 2.30. The Bertz CT molecular complexity index is 590. The van der Waals surface area contributed by atoms with E-state index in [1.807, 2.05) is 0 Å². The highest BCUT2D eigenvalue weighted by atomic mass is 32.2. The summed E-state index contributed by atoms with van der Waals surface area (Å²) in [5.41, 5.74) is -0.259. The first-order valence-electron chi connectivity index (χ1n) is 6.83. The number of urea groups is 1. The van der Waals surface area contributed by atoms with E-state index in [1.54, 1.807) is 25.3 Å². The molecule has 0 aliphatic heterocycles. The zero-order chi connectivity index (χ0) is 15.6. The van der Waals surface area contributed by atoms with Crippen LogP contribution < -0.4 is 16.3 Å². The number of H-pyrrole nitrogens is 1. The third-order valence-electron chi connectivity index (χ3n) is 2.89. The number of hydrogen-bond acceptors (Lipinski definition) is 5. The molecule has 1 aliphatic carbocycles. The van der Waals surface area contributed by atoms with Crippen LogP contribution >= 0.6 is 11.8 Å². The molecular formula is C12H19N5O3S. The van der Waals surface area contributed by atoms with Gasteiger partial charge in [-0.3, -0.25) is 14.7 Å². The first-order chi connectivity index (χ1) is 9.88. The van der Waals surface area contributed by atoms with E-state index in [4.69, 9.17) is 0 Å². The number of carbonyl (C=O) groups excluding carboxylic acids is 2. The van der Waals surface area contributed by atoms with E-state index >= 15 is 0 Å². The van der Waals surface area contributed by atoms with Gasteiger partial charge in [-0.15, -0.1) is 5.10 Å². The predicted molar refractivity (Wildman–Crippen MR) is 78.2 cm³/mol. The van der Waals surface area contributed by atoms with E-state index in [2.05, 4.69) is 20.8 Å². The van der Waals surface area contributed by atoms with E-state index in [0.717, 1.165) is 24.6 Å². The van der Waals surface area contributed by atoms with Gasteiger partial charge in [-0.2, -0.15) is 0 Å². The van der Waals surface area contributed by atoms with Crippen molar-refractivity contribution in [3.05, 3.63) is 10.5 Å². The number of aromatic amines is 1. The van der Waals surface area contributed by atoms with Gasteiger partial charge in [0.05, 0.1) is 5.25 Å². The minimum Gasteiger partial charge on any atom is -0.336 e. The van der Waals surface area contributed by atoms with Crippen molar-refractivity contribution in [2.24, 2.45) is 0 Å². The second kappa shape index (κ2) is 6.33. The van der Waals surface area contributed by atoms with Crippen molar-refractivity contribution < 1.29 is 9.59 Å². The lowest BCUT2D eigenvalue weighted by molar-refractivity contribution is -0.119. The number of aromatic nitrogens is 3. The van der Waals surface area contributed by atoms with Crippen LogP contribution in [-0.4, -0.2) is 38.0 Å². The van der Waals surface area contributed by atoms with Crippen LogP contribution in [0.1, 0.15) is 39.7 Å². The Labute approximate surface area is 126 Å². The van der Waals surface area contributed by atoms with E-state index in [1.165, 1.54) is 0 Å². The average molecular weight is 313 g/mol. The Morgan fingerprint density at radius 2 is 2.05 bits per heavy atom. The number of imide groups is 1. The van der Waals surface area contributed by atoms with Crippen LogP contribution in [-0.2, 0) is 4.79 Å². The molecule has 1 aromatic rings. The zero-order valence-electron chi connectivity index (χ0n) is 12.2. The minimum absolute atomic E-state index is 0.0489. The van der Waals surface area contributed by atoms with E-state index in [-0.39, 0.29) is 17.8 Å². The Morgan fingerprint density at radius 1 is 1.38 bits per heavy atom. The fourth-order valence-electron chi connectivity index (χ4n) is 1.75. The van der Waals surface area contributed by atoms with E-state index in [0.29, 0.717) is 5.16 Å². The molecule has 0 aromatic carbocycles. The molecule has 1 heterocycles. The summed E-state index contributed by atoms with van der Waals surface area (Å²) in [5.74, 6) is -0.420. The summed E-state index contributed by atoms with van der Waals surface area (Å²) in [5, 5.41) is 11.1. The number of carbonyl (C=O) groups is 2. The largest absolute Gasteiger partial charge is 0.344 e. The number of thioether (sulfide) groups is 1. The van der Waals surface area contributed by atoms with Gasteiger partial charge in [0.1, 0.15) is 0 Å². The number of hydrogen-bond donors (Lipinski definition) is 3. The van der Waals surface area contributed by atoms with Gasteiger partial charge >= 0.3 is 11.7 Å². The molecule has 1 fully saturated rings. The maximum Gasteiger partial charge on any atom is 0.344 e. The van der Waals surface area contributed by atoms with Crippen molar-refractivity contribution in [2.45, 2.75) is 56.1 Å². The molecule has 1 saturated carbocycles. The molecule has 0 saturated heterocycles. The Balaban J connectivity index is 1.95. The smallest absolute Gasteiger partial charge is 0.336 e. The zero-order valence-corrected chi connectivity index (χ0v) is 13.0. The summed E-state index contributed by atoms with van der Waals surface area (Å²) < 4.78 is 1.57. The monoisotopic (exact) mass is 313 g/mol. The molecule has 9 heteroatoms.